The van der Waals surface area contributed by atoms with Crippen LogP contribution in [0.1, 0.15) is 12.5 Å². The fourth-order valence-electron chi connectivity index (χ4n) is 1.71. The van der Waals surface area contributed by atoms with Crippen LogP contribution in [0.25, 0.3) is 0 Å². The Bertz CT molecular complexity index is 573. The molecular formula is C14H14Cl2N2S. The third-order valence-electron chi connectivity index (χ3n) is 2.53. The summed E-state index contributed by atoms with van der Waals surface area (Å²) < 4.78 is 0. The van der Waals surface area contributed by atoms with Crippen LogP contribution >= 0.6 is 35.0 Å². The van der Waals surface area contributed by atoms with Crippen molar-refractivity contribution in [3.63, 3.8) is 0 Å². The zero-order chi connectivity index (χ0) is 13.8. The molecule has 2 aromatic rings. The normalized spacial score (nSPS) is 12.4. The van der Waals surface area contributed by atoms with E-state index < -0.39 is 0 Å². The number of nitrogens with two attached hydrogens (primary N) is 1. The molecule has 0 saturated carbocycles. The van der Waals surface area contributed by atoms with Gasteiger partial charge in [0.2, 0.25) is 0 Å². The molecule has 0 saturated heterocycles. The number of halogens is 2. The molecule has 1 heterocycles. The molecule has 1 aromatic heterocycles. The third-order valence-corrected chi connectivity index (χ3v) is 4.43. The lowest BCUT2D eigenvalue weighted by Gasteiger charge is -2.13. The first-order valence-corrected chi connectivity index (χ1v) is 7.46. The van der Waals surface area contributed by atoms with E-state index in [1.807, 2.05) is 37.3 Å². The fourth-order valence-corrected chi connectivity index (χ4v) is 3.20. The Balaban J connectivity index is 2.35. The molecule has 19 heavy (non-hydrogen) atoms. The molecule has 0 bridgehead atoms. The van der Waals surface area contributed by atoms with Gasteiger partial charge in [0, 0.05) is 22.2 Å². The molecule has 1 aromatic carbocycles. The maximum Gasteiger partial charge on any atom is 0.119 e. The van der Waals surface area contributed by atoms with Crippen molar-refractivity contribution < 1.29 is 0 Å². The van der Waals surface area contributed by atoms with Gasteiger partial charge in [0.15, 0.2) is 0 Å². The van der Waals surface area contributed by atoms with Crippen LogP contribution in [0.3, 0.4) is 0 Å². The van der Waals surface area contributed by atoms with E-state index in [2.05, 4.69) is 4.98 Å². The number of hydrogen-bond acceptors (Lipinski definition) is 3. The highest BCUT2D eigenvalue weighted by atomic mass is 35.5. The van der Waals surface area contributed by atoms with Crippen LogP contribution in [0.4, 0.5) is 0 Å². The Morgan fingerprint density at radius 3 is 2.63 bits per heavy atom. The highest BCUT2D eigenvalue weighted by Crippen LogP contribution is 2.36. The quantitative estimate of drug-likeness (QED) is 0.907. The van der Waals surface area contributed by atoms with E-state index in [0.29, 0.717) is 5.02 Å². The molecule has 2 N–H and O–H groups in total. The predicted octanol–water partition coefficient (Wildman–Crippen LogP) is 4.43. The van der Waals surface area contributed by atoms with Crippen molar-refractivity contribution in [2.75, 3.05) is 0 Å². The van der Waals surface area contributed by atoms with Crippen LogP contribution in [0.2, 0.25) is 10.0 Å². The van der Waals surface area contributed by atoms with Gasteiger partial charge in [-0.25, -0.2) is 4.98 Å². The van der Waals surface area contributed by atoms with Gasteiger partial charge >= 0.3 is 0 Å². The number of aromatic nitrogens is 1. The minimum absolute atomic E-state index is 0.0541. The Kier molecular flexibility index (Phi) is 5.11. The number of nitrogens with zero attached hydrogens (tertiary/aromatic N) is 1. The average Bonchev–Trinajstić information content (AvgIpc) is 2.36. The summed E-state index contributed by atoms with van der Waals surface area (Å²) in [5.74, 6) is 0. The molecule has 0 aliphatic heterocycles. The molecule has 0 fully saturated rings. The summed E-state index contributed by atoms with van der Waals surface area (Å²) in [5.41, 5.74) is 6.92. The Labute approximate surface area is 127 Å². The Morgan fingerprint density at radius 2 is 1.95 bits per heavy atom. The molecular weight excluding hydrogens is 299 g/mol. The number of pyridine rings is 1. The second-order valence-corrected chi connectivity index (χ2v) is 6.14. The summed E-state index contributed by atoms with van der Waals surface area (Å²) in [7, 11) is 0. The maximum atomic E-state index is 6.26. The predicted molar refractivity (Wildman–Crippen MR) is 82.2 cm³/mol. The average molecular weight is 313 g/mol. The molecule has 0 amide bonds. The van der Waals surface area contributed by atoms with Crippen LogP contribution in [-0.2, 0) is 6.42 Å². The second-order valence-electron chi connectivity index (χ2n) is 4.29. The largest absolute Gasteiger partial charge is 0.328 e. The van der Waals surface area contributed by atoms with Gasteiger partial charge in [-0.2, -0.15) is 0 Å². The standard InChI is InChI=1S/C14H14Cl2N2S/c1-9(17)8-10-11(15)4-2-6-13(10)19-14-12(16)5-3-7-18-14/h2-7,9H,8,17H2,1H3. The van der Waals surface area contributed by atoms with Crippen LogP contribution in [-0.4, -0.2) is 11.0 Å². The van der Waals surface area contributed by atoms with E-state index in [0.717, 1.165) is 26.9 Å². The summed E-state index contributed by atoms with van der Waals surface area (Å²) in [6.45, 7) is 1.96. The molecule has 0 aliphatic rings. The molecule has 1 unspecified atom stereocenters. The van der Waals surface area contributed by atoms with Crippen LogP contribution in [0, 0.1) is 0 Å². The summed E-state index contributed by atoms with van der Waals surface area (Å²) in [6, 6.07) is 9.51. The summed E-state index contributed by atoms with van der Waals surface area (Å²) in [4.78, 5) is 5.33. The number of hydrogen-bond donors (Lipinski definition) is 1. The lowest BCUT2D eigenvalue weighted by Crippen LogP contribution is -2.18. The van der Waals surface area contributed by atoms with E-state index in [9.17, 15) is 0 Å². The molecule has 0 aliphatic carbocycles. The van der Waals surface area contributed by atoms with Gasteiger partial charge in [0.25, 0.3) is 0 Å². The summed E-state index contributed by atoms with van der Waals surface area (Å²) in [5, 5.41) is 2.14. The minimum atomic E-state index is 0.0541. The van der Waals surface area contributed by atoms with E-state index >= 15 is 0 Å². The van der Waals surface area contributed by atoms with E-state index in [4.69, 9.17) is 28.9 Å². The monoisotopic (exact) mass is 312 g/mol. The first kappa shape index (κ1) is 14.7. The van der Waals surface area contributed by atoms with Gasteiger partial charge in [-0.3, -0.25) is 0 Å². The smallest absolute Gasteiger partial charge is 0.119 e. The van der Waals surface area contributed by atoms with E-state index in [1.54, 1.807) is 6.20 Å². The van der Waals surface area contributed by atoms with Crippen LogP contribution in [0.5, 0.6) is 0 Å². The van der Waals surface area contributed by atoms with Crippen molar-refractivity contribution in [2.24, 2.45) is 5.73 Å². The van der Waals surface area contributed by atoms with Gasteiger partial charge in [0.05, 0.1) is 5.02 Å². The van der Waals surface area contributed by atoms with Crippen molar-refractivity contribution in [3.05, 3.63) is 52.1 Å². The number of benzene rings is 1. The first-order chi connectivity index (χ1) is 9.08. The Morgan fingerprint density at radius 1 is 1.21 bits per heavy atom. The SMILES string of the molecule is CC(N)Cc1c(Cl)cccc1Sc1ncccc1Cl. The lowest BCUT2D eigenvalue weighted by molar-refractivity contribution is 0.729. The van der Waals surface area contributed by atoms with Crippen LogP contribution < -0.4 is 5.73 Å². The summed E-state index contributed by atoms with van der Waals surface area (Å²) >= 11 is 13.9. The molecule has 2 nitrogen and oxygen atoms in total. The summed E-state index contributed by atoms with van der Waals surface area (Å²) in [6.07, 6.45) is 2.45. The minimum Gasteiger partial charge on any atom is -0.328 e. The molecule has 5 heteroatoms. The van der Waals surface area contributed by atoms with Gasteiger partial charge in [-0.1, -0.05) is 41.0 Å². The van der Waals surface area contributed by atoms with Crippen molar-refractivity contribution >= 4 is 35.0 Å². The fraction of sp³-hybridized carbons (Fsp3) is 0.214. The highest BCUT2D eigenvalue weighted by Gasteiger charge is 2.12. The second kappa shape index (κ2) is 6.62. The van der Waals surface area contributed by atoms with Gasteiger partial charge < -0.3 is 5.73 Å². The molecule has 100 valence electrons. The molecule has 1 atom stereocenters. The van der Waals surface area contributed by atoms with Gasteiger partial charge in [-0.05, 0) is 43.2 Å². The van der Waals surface area contributed by atoms with Gasteiger partial charge in [0.1, 0.15) is 5.03 Å². The maximum absolute atomic E-state index is 6.26. The van der Waals surface area contributed by atoms with E-state index in [1.165, 1.54) is 11.8 Å². The topological polar surface area (TPSA) is 38.9 Å². The van der Waals surface area contributed by atoms with Crippen molar-refractivity contribution in [1.82, 2.24) is 4.98 Å². The Hall–Kier alpha value is -0.740. The van der Waals surface area contributed by atoms with E-state index in [-0.39, 0.29) is 6.04 Å². The third kappa shape index (κ3) is 3.86. The van der Waals surface area contributed by atoms with Crippen LogP contribution in [0.15, 0.2) is 46.5 Å². The lowest BCUT2D eigenvalue weighted by atomic mass is 10.1. The molecule has 0 spiro atoms. The zero-order valence-corrected chi connectivity index (χ0v) is 12.8. The van der Waals surface area contributed by atoms with Gasteiger partial charge in [-0.15, -0.1) is 0 Å². The first-order valence-electron chi connectivity index (χ1n) is 5.89. The number of rotatable bonds is 4. The molecule has 0 radical (unpaired) electrons. The van der Waals surface area contributed by atoms with Crippen molar-refractivity contribution in [2.45, 2.75) is 29.3 Å². The van der Waals surface area contributed by atoms with Crippen molar-refractivity contribution in [3.8, 4) is 0 Å². The van der Waals surface area contributed by atoms with Crippen molar-refractivity contribution in [1.29, 1.82) is 0 Å². The molecule has 2 rings (SSSR count). The highest BCUT2D eigenvalue weighted by molar-refractivity contribution is 7.99. The zero-order valence-electron chi connectivity index (χ0n) is 10.4.